The van der Waals surface area contributed by atoms with Gasteiger partial charge in [0, 0.05) is 17.4 Å². The smallest absolute Gasteiger partial charge is 0.183 e. The van der Waals surface area contributed by atoms with E-state index in [4.69, 9.17) is 10.7 Å². The minimum Gasteiger partial charge on any atom is -0.398 e. The fraction of sp³-hybridized carbons (Fsp3) is 0.100. The third-order valence-corrected chi connectivity index (χ3v) is 4.37. The molecule has 1 aliphatic heterocycles. The molecule has 2 aromatic carbocycles. The molecule has 4 heteroatoms. The van der Waals surface area contributed by atoms with Crippen LogP contribution in [0.15, 0.2) is 59.4 Å². The molecule has 0 saturated heterocycles. The van der Waals surface area contributed by atoms with E-state index in [-0.39, 0.29) is 5.43 Å². The Hall–Kier alpha value is -3.14. The molecule has 0 radical (unpaired) electrons. The van der Waals surface area contributed by atoms with Crippen LogP contribution in [-0.2, 0) is 0 Å². The van der Waals surface area contributed by atoms with Crippen molar-refractivity contribution in [3.63, 3.8) is 0 Å². The van der Waals surface area contributed by atoms with Gasteiger partial charge in [-0.05, 0) is 55.3 Å². The molecule has 0 aromatic heterocycles. The summed E-state index contributed by atoms with van der Waals surface area (Å²) in [6.45, 7) is 3.79. The van der Waals surface area contributed by atoms with E-state index in [1.165, 1.54) is 0 Å². The number of nitrogen functional groups attached to an aromatic ring is 1. The molecule has 0 fully saturated rings. The zero-order chi connectivity index (χ0) is 16.8. The van der Waals surface area contributed by atoms with Crippen molar-refractivity contribution in [2.45, 2.75) is 13.8 Å². The van der Waals surface area contributed by atoms with Crippen LogP contribution in [0.2, 0.25) is 0 Å². The van der Waals surface area contributed by atoms with Crippen molar-refractivity contribution in [3.8, 4) is 17.1 Å². The highest BCUT2D eigenvalue weighted by atomic mass is 16.1. The zero-order valence-corrected chi connectivity index (χ0v) is 13.6. The summed E-state index contributed by atoms with van der Waals surface area (Å²) in [6.07, 6.45) is 0. The second-order valence-corrected chi connectivity index (χ2v) is 6.09. The maximum absolute atomic E-state index is 12.2. The highest BCUT2D eigenvalue weighted by Gasteiger charge is 2.16. The van der Waals surface area contributed by atoms with Gasteiger partial charge in [-0.3, -0.25) is 4.79 Å². The quantitative estimate of drug-likeness (QED) is 0.430. The Morgan fingerprint density at radius 2 is 1.71 bits per heavy atom. The third-order valence-electron chi connectivity index (χ3n) is 4.37. The average Bonchev–Trinajstić information content (AvgIpc) is 2.57. The van der Waals surface area contributed by atoms with Crippen LogP contribution in [0.25, 0.3) is 28.1 Å². The van der Waals surface area contributed by atoms with Crippen molar-refractivity contribution in [2.24, 2.45) is 0 Å². The van der Waals surface area contributed by atoms with Crippen LogP contribution >= 0.6 is 0 Å². The Kier molecular flexibility index (Phi) is 3.13. The summed E-state index contributed by atoms with van der Waals surface area (Å²) in [7, 11) is 0. The lowest BCUT2D eigenvalue weighted by Gasteiger charge is -2.19. The molecule has 0 atom stereocenters. The van der Waals surface area contributed by atoms with E-state index in [2.05, 4.69) is 0 Å². The predicted molar refractivity (Wildman–Crippen MR) is 97.8 cm³/mol. The van der Waals surface area contributed by atoms with Gasteiger partial charge in [0.2, 0.25) is 0 Å². The molecule has 4 rings (SSSR count). The molecule has 118 valence electrons. The molecular formula is C20H17N3O. The van der Waals surface area contributed by atoms with Crippen molar-refractivity contribution >= 4 is 16.7 Å². The fourth-order valence-electron chi connectivity index (χ4n) is 3.01. The maximum atomic E-state index is 12.2. The standard InChI is InChI=1S/C20H17N3O/c1-12-8-16-18(10-15(12)21)23(14-6-4-3-5-7-14)19-11-20(24)13(2)9-17(19)22-16/h3-11H,21H2,1-2H3. The second kappa shape index (κ2) is 5.20. The van der Waals surface area contributed by atoms with E-state index in [1.54, 1.807) is 6.07 Å². The molecule has 2 aliphatic rings. The predicted octanol–water partition coefficient (Wildman–Crippen LogP) is 3.69. The van der Waals surface area contributed by atoms with Gasteiger partial charge in [0.15, 0.2) is 5.43 Å². The van der Waals surface area contributed by atoms with Gasteiger partial charge in [-0.2, -0.15) is 0 Å². The molecule has 1 heterocycles. The lowest BCUT2D eigenvalue weighted by atomic mass is 10.1. The summed E-state index contributed by atoms with van der Waals surface area (Å²) < 4.78 is 2.05. The van der Waals surface area contributed by atoms with E-state index < -0.39 is 0 Å². The van der Waals surface area contributed by atoms with Crippen LogP contribution in [0, 0.1) is 13.8 Å². The van der Waals surface area contributed by atoms with Crippen molar-refractivity contribution in [1.29, 1.82) is 0 Å². The van der Waals surface area contributed by atoms with Crippen molar-refractivity contribution in [1.82, 2.24) is 9.55 Å². The SMILES string of the molecule is Cc1cc2nc3cc(C)c(=O)cc-3n(-c3ccccc3)c2cc1N. The molecule has 1 aliphatic carbocycles. The first-order valence-electron chi connectivity index (χ1n) is 7.83. The Labute approximate surface area is 139 Å². The van der Waals surface area contributed by atoms with Crippen LogP contribution in [0.1, 0.15) is 11.1 Å². The molecule has 0 spiro atoms. The molecule has 0 amide bonds. The van der Waals surface area contributed by atoms with E-state index in [1.807, 2.05) is 66.9 Å². The highest BCUT2D eigenvalue weighted by Crippen LogP contribution is 2.30. The summed E-state index contributed by atoms with van der Waals surface area (Å²) in [5.41, 5.74) is 12.8. The first-order valence-corrected chi connectivity index (χ1v) is 7.83. The summed E-state index contributed by atoms with van der Waals surface area (Å²) >= 11 is 0. The monoisotopic (exact) mass is 315 g/mol. The van der Waals surface area contributed by atoms with E-state index in [9.17, 15) is 4.79 Å². The highest BCUT2D eigenvalue weighted by molar-refractivity contribution is 5.86. The van der Waals surface area contributed by atoms with Gasteiger partial charge >= 0.3 is 0 Å². The van der Waals surface area contributed by atoms with E-state index in [0.717, 1.165) is 33.7 Å². The number of nitrogens with two attached hydrogens (primary N) is 1. The van der Waals surface area contributed by atoms with Gasteiger partial charge in [0.1, 0.15) is 0 Å². The first kappa shape index (κ1) is 14.5. The molecule has 24 heavy (non-hydrogen) atoms. The fourth-order valence-corrected chi connectivity index (χ4v) is 3.01. The minimum atomic E-state index is 0.00779. The van der Waals surface area contributed by atoms with E-state index in [0.29, 0.717) is 11.3 Å². The Morgan fingerprint density at radius 1 is 0.958 bits per heavy atom. The number of hydrogen-bond acceptors (Lipinski definition) is 3. The number of aryl methyl sites for hydroxylation is 2. The molecule has 2 aromatic rings. The number of benzene rings is 3. The summed E-state index contributed by atoms with van der Waals surface area (Å²) in [4.78, 5) is 17.0. The van der Waals surface area contributed by atoms with Crippen LogP contribution in [0.5, 0.6) is 0 Å². The number of para-hydroxylation sites is 1. The number of rotatable bonds is 1. The molecule has 4 nitrogen and oxygen atoms in total. The van der Waals surface area contributed by atoms with Gasteiger partial charge in [-0.25, -0.2) is 4.98 Å². The topological polar surface area (TPSA) is 60.9 Å². The summed E-state index contributed by atoms with van der Waals surface area (Å²) in [5.74, 6) is 0. The van der Waals surface area contributed by atoms with Crippen molar-refractivity contribution in [3.05, 3.63) is 75.9 Å². The number of aromatic nitrogens is 2. The lowest BCUT2D eigenvalue weighted by molar-refractivity contribution is 1.07. The number of nitrogens with zero attached hydrogens (tertiary/aromatic N) is 2. The molecule has 0 unspecified atom stereocenters. The molecule has 0 bridgehead atoms. The normalized spacial score (nSPS) is 11.2. The van der Waals surface area contributed by atoms with Gasteiger partial charge in [-0.1, -0.05) is 18.2 Å². The van der Waals surface area contributed by atoms with Crippen molar-refractivity contribution < 1.29 is 0 Å². The van der Waals surface area contributed by atoms with Gasteiger partial charge in [0.05, 0.1) is 22.4 Å². The van der Waals surface area contributed by atoms with Crippen LogP contribution in [0.3, 0.4) is 0 Å². The number of anilines is 1. The van der Waals surface area contributed by atoms with Crippen LogP contribution < -0.4 is 11.2 Å². The zero-order valence-electron chi connectivity index (χ0n) is 13.6. The largest absolute Gasteiger partial charge is 0.398 e. The first-order chi connectivity index (χ1) is 11.5. The molecular weight excluding hydrogens is 298 g/mol. The Balaban J connectivity index is 2.25. The van der Waals surface area contributed by atoms with Gasteiger partial charge < -0.3 is 10.3 Å². The Bertz CT molecular complexity index is 1100. The number of hydrogen-bond donors (Lipinski definition) is 1. The second-order valence-electron chi connectivity index (χ2n) is 6.09. The van der Waals surface area contributed by atoms with Crippen LogP contribution in [-0.4, -0.2) is 9.55 Å². The van der Waals surface area contributed by atoms with Gasteiger partial charge in [-0.15, -0.1) is 0 Å². The third kappa shape index (κ3) is 2.15. The minimum absolute atomic E-state index is 0.00779. The number of fused-ring (bicyclic) bond motifs is 2. The summed E-state index contributed by atoms with van der Waals surface area (Å²) in [6, 6.07) is 17.4. The maximum Gasteiger partial charge on any atom is 0.183 e. The lowest BCUT2D eigenvalue weighted by Crippen LogP contribution is -2.12. The van der Waals surface area contributed by atoms with E-state index >= 15 is 0 Å². The van der Waals surface area contributed by atoms with Crippen LogP contribution in [0.4, 0.5) is 5.69 Å². The average molecular weight is 315 g/mol. The Morgan fingerprint density at radius 3 is 2.46 bits per heavy atom. The summed E-state index contributed by atoms with van der Waals surface area (Å²) in [5, 5.41) is 0. The molecule has 0 saturated carbocycles. The molecule has 2 N–H and O–H groups in total. The van der Waals surface area contributed by atoms with Crippen molar-refractivity contribution in [2.75, 3.05) is 5.73 Å². The van der Waals surface area contributed by atoms with Gasteiger partial charge in [0.25, 0.3) is 0 Å².